The number of thiazole rings is 1. The molecule has 1 aliphatic heterocycles. The lowest BCUT2D eigenvalue weighted by molar-refractivity contribution is 0.0374. The number of carbonyl (C=O) groups is 2. The fraction of sp³-hybridized carbons (Fsp3) is 0.542. The molecule has 1 fully saturated rings. The second kappa shape index (κ2) is 12.7. The van der Waals surface area contributed by atoms with Crippen molar-refractivity contribution in [1.82, 2.24) is 24.7 Å². The lowest BCUT2D eigenvalue weighted by Gasteiger charge is -2.37. The second-order valence-corrected chi connectivity index (χ2v) is 11.0. The number of Topliss-reactive ketones (excluding diaryl/α,β-unsaturated/α-hetero) is 1. The number of carbonyl (C=O) groups excluding carboxylic acids is 2. The van der Waals surface area contributed by atoms with Crippen molar-refractivity contribution < 1.29 is 23.8 Å². The van der Waals surface area contributed by atoms with Gasteiger partial charge in [-0.2, -0.15) is 5.10 Å². The Balaban J connectivity index is 1.55. The fourth-order valence-corrected chi connectivity index (χ4v) is 6.21. The molecule has 0 aromatic carbocycles. The highest BCUT2D eigenvalue weighted by Crippen LogP contribution is 2.37. The van der Waals surface area contributed by atoms with Crippen LogP contribution in [0.3, 0.4) is 0 Å². The topological polar surface area (TPSA) is 124 Å². The number of ether oxygens (including phenoxy) is 3. The van der Waals surface area contributed by atoms with E-state index in [1.807, 2.05) is 6.92 Å². The van der Waals surface area contributed by atoms with Gasteiger partial charge in [-0.05, 0) is 42.1 Å². The molecule has 0 amide bonds. The average Bonchev–Trinajstić information content (AvgIpc) is 3.62. The molecule has 1 saturated heterocycles. The molecular formula is C24H30BrClN6O5S. The van der Waals surface area contributed by atoms with Crippen LogP contribution in [0.25, 0.3) is 11.5 Å². The summed E-state index contributed by atoms with van der Waals surface area (Å²) < 4.78 is 18.5. The zero-order valence-corrected chi connectivity index (χ0v) is 24.8. The van der Waals surface area contributed by atoms with Gasteiger partial charge in [-0.3, -0.25) is 4.79 Å². The molecule has 0 unspecified atom stereocenters. The maximum absolute atomic E-state index is 13.1. The van der Waals surface area contributed by atoms with Crippen LogP contribution in [0.2, 0.25) is 5.02 Å². The maximum atomic E-state index is 13.1. The van der Waals surface area contributed by atoms with Gasteiger partial charge in [0, 0.05) is 39.4 Å². The van der Waals surface area contributed by atoms with Gasteiger partial charge in [0.2, 0.25) is 0 Å². The Hall–Kier alpha value is -2.32. The van der Waals surface area contributed by atoms with Crippen LogP contribution >= 0.6 is 38.9 Å². The number of aromatic nitrogens is 5. The molecule has 3 aromatic heterocycles. The van der Waals surface area contributed by atoms with Crippen molar-refractivity contribution in [3.8, 4) is 11.5 Å². The summed E-state index contributed by atoms with van der Waals surface area (Å²) >= 11 is 10.9. The summed E-state index contributed by atoms with van der Waals surface area (Å²) in [6.45, 7) is 5.90. The summed E-state index contributed by atoms with van der Waals surface area (Å²) in [5, 5.41) is 5.43. The first-order chi connectivity index (χ1) is 18.3. The zero-order chi connectivity index (χ0) is 27.4. The van der Waals surface area contributed by atoms with Crippen LogP contribution in [0.15, 0.2) is 10.8 Å². The van der Waals surface area contributed by atoms with Gasteiger partial charge in [0.1, 0.15) is 16.9 Å². The molecule has 0 saturated carbocycles. The number of nitrogens with zero attached hydrogens (tertiary/aromatic N) is 5. The number of ketones is 1. The third kappa shape index (κ3) is 5.96. The quantitative estimate of drug-likeness (QED) is 0.243. The number of hydrogen-bond acceptors (Lipinski definition) is 10. The van der Waals surface area contributed by atoms with Crippen molar-refractivity contribution in [3.05, 3.63) is 32.1 Å². The Morgan fingerprint density at radius 2 is 2.13 bits per heavy atom. The van der Waals surface area contributed by atoms with Crippen LogP contribution in [-0.2, 0) is 20.8 Å². The molecule has 0 radical (unpaired) electrons. The first-order valence-electron chi connectivity index (χ1n) is 12.2. The van der Waals surface area contributed by atoms with Gasteiger partial charge in [0.15, 0.2) is 16.7 Å². The van der Waals surface area contributed by atoms with Crippen molar-refractivity contribution in [2.75, 3.05) is 45.4 Å². The number of rotatable bonds is 11. The van der Waals surface area contributed by atoms with E-state index in [0.717, 1.165) is 5.69 Å². The third-order valence-corrected chi connectivity index (χ3v) is 9.05. The first kappa shape index (κ1) is 28.7. The standard InChI is InChI=1S/C24H30BrClN6O5S/c1-5-37-23(34)21-20(22-27-12-28-32(22)8-9-35-3)30-24(38-21)31-7-6-14(16(11-31)36-4)10-15(33)19-17(25)18(26)13(2)29-19/h12,14,16,29H,5-11H2,1-4H3/t14-,16-/m0/s1. The Labute approximate surface area is 238 Å². The summed E-state index contributed by atoms with van der Waals surface area (Å²) in [6, 6.07) is 0. The largest absolute Gasteiger partial charge is 0.462 e. The minimum Gasteiger partial charge on any atom is -0.462 e. The number of hydrogen-bond donors (Lipinski definition) is 1. The lowest BCUT2D eigenvalue weighted by atomic mass is 9.88. The maximum Gasteiger partial charge on any atom is 0.350 e. The molecule has 4 heterocycles. The van der Waals surface area contributed by atoms with E-state index in [0.29, 0.717) is 75.8 Å². The van der Waals surface area contributed by atoms with E-state index in [-0.39, 0.29) is 24.4 Å². The number of halogens is 2. The molecule has 2 atom stereocenters. The summed E-state index contributed by atoms with van der Waals surface area (Å²) in [7, 11) is 3.25. The minimum absolute atomic E-state index is 0.0131. The number of aromatic amines is 1. The highest BCUT2D eigenvalue weighted by molar-refractivity contribution is 9.10. The van der Waals surface area contributed by atoms with Gasteiger partial charge in [0.25, 0.3) is 0 Å². The number of methoxy groups -OCH3 is 2. The Kier molecular flexibility index (Phi) is 9.58. The lowest BCUT2D eigenvalue weighted by Crippen LogP contribution is -2.45. The Bertz CT molecular complexity index is 1290. The van der Waals surface area contributed by atoms with Crippen LogP contribution in [-0.4, -0.2) is 83.1 Å². The van der Waals surface area contributed by atoms with Crippen molar-refractivity contribution in [3.63, 3.8) is 0 Å². The summed E-state index contributed by atoms with van der Waals surface area (Å²) in [5.74, 6) is 0.00619. The number of piperidine rings is 1. The van der Waals surface area contributed by atoms with Gasteiger partial charge in [0.05, 0.1) is 41.1 Å². The van der Waals surface area contributed by atoms with E-state index < -0.39 is 5.97 Å². The van der Waals surface area contributed by atoms with E-state index in [2.05, 4.69) is 35.9 Å². The highest BCUT2D eigenvalue weighted by Gasteiger charge is 2.35. The molecule has 3 aromatic rings. The SMILES string of the molecule is CCOC(=O)c1sc(N2CC[C@@H](CC(=O)c3[nH]c(C)c(Cl)c3Br)[C@@H](OC)C2)nc1-c1ncnn1CCOC. The normalized spacial score (nSPS) is 17.7. The molecule has 206 valence electrons. The molecule has 0 spiro atoms. The van der Waals surface area contributed by atoms with E-state index in [9.17, 15) is 9.59 Å². The molecule has 1 N–H and O–H groups in total. The van der Waals surface area contributed by atoms with Crippen LogP contribution in [0.1, 0.15) is 45.6 Å². The van der Waals surface area contributed by atoms with Crippen LogP contribution in [0.4, 0.5) is 5.13 Å². The minimum atomic E-state index is -0.457. The molecule has 1 aliphatic rings. The highest BCUT2D eigenvalue weighted by atomic mass is 79.9. The number of nitrogens with one attached hydrogen (secondary N) is 1. The number of anilines is 1. The Morgan fingerprint density at radius 1 is 1.34 bits per heavy atom. The van der Waals surface area contributed by atoms with E-state index in [1.165, 1.54) is 17.7 Å². The van der Waals surface area contributed by atoms with E-state index in [4.69, 9.17) is 30.8 Å². The summed E-state index contributed by atoms with van der Waals surface area (Å²) in [4.78, 5) is 40.6. The molecular weight excluding hydrogens is 600 g/mol. The van der Waals surface area contributed by atoms with Crippen LogP contribution in [0.5, 0.6) is 0 Å². The average molecular weight is 630 g/mol. The van der Waals surface area contributed by atoms with Crippen LogP contribution in [0, 0.1) is 12.8 Å². The molecule has 14 heteroatoms. The van der Waals surface area contributed by atoms with Gasteiger partial charge in [-0.15, -0.1) is 0 Å². The van der Waals surface area contributed by atoms with Gasteiger partial charge < -0.3 is 24.1 Å². The van der Waals surface area contributed by atoms with Crippen LogP contribution < -0.4 is 4.90 Å². The van der Waals surface area contributed by atoms with E-state index in [1.54, 1.807) is 25.8 Å². The van der Waals surface area contributed by atoms with Gasteiger partial charge in [-0.1, -0.05) is 22.9 Å². The van der Waals surface area contributed by atoms with Crippen molar-refractivity contribution in [2.45, 2.75) is 39.3 Å². The number of esters is 1. The number of aryl methyl sites for hydroxylation is 1. The predicted molar refractivity (Wildman–Crippen MR) is 147 cm³/mol. The number of H-pyrrole nitrogens is 1. The van der Waals surface area contributed by atoms with E-state index >= 15 is 0 Å². The first-order valence-corrected chi connectivity index (χ1v) is 14.2. The molecule has 0 aliphatic carbocycles. The smallest absolute Gasteiger partial charge is 0.350 e. The van der Waals surface area contributed by atoms with Crippen molar-refractivity contribution in [2.24, 2.45) is 5.92 Å². The summed E-state index contributed by atoms with van der Waals surface area (Å²) in [5.41, 5.74) is 1.65. The monoisotopic (exact) mass is 628 g/mol. The van der Waals surface area contributed by atoms with Gasteiger partial charge >= 0.3 is 5.97 Å². The molecule has 0 bridgehead atoms. The van der Waals surface area contributed by atoms with Gasteiger partial charge in [-0.25, -0.2) is 19.4 Å². The molecule has 4 rings (SSSR count). The Morgan fingerprint density at radius 3 is 2.79 bits per heavy atom. The summed E-state index contributed by atoms with van der Waals surface area (Å²) in [6.07, 6.45) is 2.26. The predicted octanol–water partition coefficient (Wildman–Crippen LogP) is 4.39. The molecule has 38 heavy (non-hydrogen) atoms. The second-order valence-electron chi connectivity index (χ2n) is 8.84. The fourth-order valence-electron chi connectivity index (χ4n) is 4.46. The van der Waals surface area contributed by atoms with Crippen molar-refractivity contribution >= 4 is 55.8 Å². The third-order valence-electron chi connectivity index (χ3n) is 6.46. The molecule has 11 nitrogen and oxygen atoms in total. The zero-order valence-electron chi connectivity index (χ0n) is 21.6. The van der Waals surface area contributed by atoms with Crippen molar-refractivity contribution in [1.29, 1.82) is 0 Å².